The molecular formula is C15H20ClF9O. The Kier molecular flexibility index (Phi) is 9.77. The fourth-order valence-corrected chi connectivity index (χ4v) is 2.37. The first-order valence-corrected chi connectivity index (χ1v) is 8.43. The summed E-state index contributed by atoms with van der Waals surface area (Å²) in [5, 5.41) is -0.446. The molecule has 11 heteroatoms. The van der Waals surface area contributed by atoms with E-state index in [4.69, 9.17) is 11.6 Å². The predicted molar refractivity (Wildman–Crippen MR) is 77.9 cm³/mol. The lowest BCUT2D eigenvalue weighted by molar-refractivity contribution is -0.396. The maximum Gasteiger partial charge on any atom is 0.460 e. The van der Waals surface area contributed by atoms with Crippen molar-refractivity contribution < 1.29 is 44.3 Å². The minimum atomic E-state index is -6.81. The van der Waals surface area contributed by atoms with Gasteiger partial charge in [0.15, 0.2) is 0 Å². The third-order valence-corrected chi connectivity index (χ3v) is 4.01. The highest BCUT2D eigenvalue weighted by atomic mass is 35.5. The molecule has 0 amide bonds. The second kappa shape index (κ2) is 10.0. The number of hydrogen-bond acceptors (Lipinski definition) is 1. The smallest absolute Gasteiger partial charge is 0.281 e. The largest absolute Gasteiger partial charge is 0.460 e. The summed E-state index contributed by atoms with van der Waals surface area (Å²) in [6, 6.07) is 0. The van der Waals surface area contributed by atoms with Crippen LogP contribution in [0.5, 0.6) is 0 Å². The third kappa shape index (κ3) is 7.15. The van der Waals surface area contributed by atoms with Crippen LogP contribution in [0.15, 0.2) is 0 Å². The van der Waals surface area contributed by atoms with Crippen LogP contribution in [0.4, 0.5) is 39.5 Å². The molecule has 0 atom stereocenters. The van der Waals surface area contributed by atoms with Gasteiger partial charge in [-0.1, -0.05) is 38.5 Å². The van der Waals surface area contributed by atoms with Crippen LogP contribution in [0.1, 0.15) is 64.2 Å². The van der Waals surface area contributed by atoms with Gasteiger partial charge in [-0.3, -0.25) is 4.79 Å². The molecule has 0 aromatic carbocycles. The maximum absolute atomic E-state index is 13.2. The summed E-state index contributed by atoms with van der Waals surface area (Å²) in [4.78, 5) is 10.5. The number of carbonyl (C=O) groups is 1. The molecule has 0 radical (unpaired) electrons. The van der Waals surface area contributed by atoms with E-state index in [1.54, 1.807) is 0 Å². The Bertz CT molecular complexity index is 435. The highest BCUT2D eigenvalue weighted by molar-refractivity contribution is 6.63. The monoisotopic (exact) mass is 422 g/mol. The third-order valence-electron chi connectivity index (χ3n) is 3.82. The van der Waals surface area contributed by atoms with Crippen LogP contribution in [-0.4, -0.2) is 29.2 Å². The van der Waals surface area contributed by atoms with E-state index < -0.39 is 42.0 Å². The molecule has 26 heavy (non-hydrogen) atoms. The first kappa shape index (κ1) is 25.3. The molecular weight excluding hydrogens is 403 g/mol. The summed E-state index contributed by atoms with van der Waals surface area (Å²) in [5.74, 6) is -18.8. The Labute approximate surface area is 150 Å². The van der Waals surface area contributed by atoms with Gasteiger partial charge in [0.2, 0.25) is 5.24 Å². The molecule has 0 aliphatic carbocycles. The first-order valence-electron chi connectivity index (χ1n) is 8.05. The Morgan fingerprint density at radius 3 is 1.38 bits per heavy atom. The molecule has 0 unspecified atom stereocenters. The molecule has 0 spiro atoms. The van der Waals surface area contributed by atoms with Crippen LogP contribution in [0.2, 0.25) is 0 Å². The molecule has 0 aromatic heterocycles. The van der Waals surface area contributed by atoms with Crippen molar-refractivity contribution in [3.63, 3.8) is 0 Å². The van der Waals surface area contributed by atoms with Gasteiger partial charge >= 0.3 is 23.9 Å². The van der Waals surface area contributed by atoms with Crippen LogP contribution in [0, 0.1) is 0 Å². The quantitative estimate of drug-likeness (QED) is 0.175. The van der Waals surface area contributed by atoms with Gasteiger partial charge in [0.25, 0.3) is 0 Å². The highest BCUT2D eigenvalue weighted by Gasteiger charge is 2.81. The van der Waals surface area contributed by atoms with Crippen molar-refractivity contribution in [1.29, 1.82) is 0 Å². The minimum absolute atomic E-state index is 0.00340. The molecule has 0 saturated heterocycles. The summed E-state index contributed by atoms with van der Waals surface area (Å²) >= 11 is 5.13. The number of rotatable bonds is 13. The van der Waals surface area contributed by atoms with Crippen molar-refractivity contribution >= 4 is 16.8 Å². The molecule has 0 bridgehead atoms. The minimum Gasteiger partial charge on any atom is -0.281 e. The number of unbranched alkanes of at least 4 members (excludes halogenated alkanes) is 7. The number of carbonyl (C=O) groups excluding carboxylic acids is 1. The lowest BCUT2D eigenvalue weighted by Crippen LogP contribution is -2.60. The zero-order chi connectivity index (χ0) is 20.6. The maximum atomic E-state index is 13.2. The zero-order valence-corrected chi connectivity index (χ0v) is 14.5. The van der Waals surface area contributed by atoms with E-state index in [0.29, 0.717) is 25.7 Å². The summed E-state index contributed by atoms with van der Waals surface area (Å²) in [5.41, 5.74) is 0. The molecule has 0 fully saturated rings. The van der Waals surface area contributed by atoms with E-state index in [1.165, 1.54) is 0 Å². The van der Waals surface area contributed by atoms with Gasteiger partial charge in [-0.25, -0.2) is 0 Å². The average Bonchev–Trinajstić information content (AvgIpc) is 2.47. The zero-order valence-electron chi connectivity index (χ0n) is 13.8. The standard InChI is InChI=1S/C15H20ClF9O/c16-11(26)9-7-5-3-1-2-4-6-8-10-12(17,18)13(19,20)14(21,22)15(23,24)25/h1-10H2. The van der Waals surface area contributed by atoms with E-state index in [9.17, 15) is 44.3 Å². The van der Waals surface area contributed by atoms with Gasteiger partial charge < -0.3 is 0 Å². The second-order valence-electron chi connectivity index (χ2n) is 6.03. The van der Waals surface area contributed by atoms with Gasteiger partial charge in [0, 0.05) is 12.8 Å². The fraction of sp³-hybridized carbons (Fsp3) is 0.933. The van der Waals surface area contributed by atoms with Gasteiger partial charge in [-0.2, -0.15) is 39.5 Å². The molecule has 0 N–H and O–H groups in total. The highest BCUT2D eigenvalue weighted by Crippen LogP contribution is 2.54. The normalized spacial score (nSPS) is 13.9. The second-order valence-corrected chi connectivity index (χ2v) is 6.46. The number of alkyl halides is 9. The van der Waals surface area contributed by atoms with E-state index in [-0.39, 0.29) is 12.8 Å². The van der Waals surface area contributed by atoms with Gasteiger partial charge in [-0.15, -0.1) is 0 Å². The van der Waals surface area contributed by atoms with Gasteiger partial charge in [0.1, 0.15) is 0 Å². The molecule has 0 heterocycles. The lowest BCUT2D eigenvalue weighted by atomic mass is 9.97. The number of halogens is 10. The average molecular weight is 423 g/mol. The van der Waals surface area contributed by atoms with Crippen molar-refractivity contribution in [3.05, 3.63) is 0 Å². The van der Waals surface area contributed by atoms with Crippen molar-refractivity contribution in [2.45, 2.75) is 88.2 Å². The molecule has 156 valence electrons. The Hall–Kier alpha value is -0.670. The Morgan fingerprint density at radius 2 is 1.00 bits per heavy atom. The summed E-state index contributed by atoms with van der Waals surface area (Å²) in [7, 11) is 0. The Morgan fingerprint density at radius 1 is 0.615 bits per heavy atom. The molecule has 0 aliphatic heterocycles. The number of hydrogen-bond donors (Lipinski definition) is 0. The van der Waals surface area contributed by atoms with Crippen molar-refractivity contribution in [2.75, 3.05) is 0 Å². The fourth-order valence-electron chi connectivity index (χ4n) is 2.24. The molecule has 0 aromatic rings. The predicted octanol–water partition coefficient (Wildman–Crippen LogP) is 7.12. The Balaban J connectivity index is 4.16. The van der Waals surface area contributed by atoms with E-state index in [2.05, 4.69) is 0 Å². The van der Waals surface area contributed by atoms with Crippen LogP contribution < -0.4 is 0 Å². The summed E-state index contributed by atoms with van der Waals surface area (Å²) in [6.07, 6.45) is -5.19. The van der Waals surface area contributed by atoms with Gasteiger partial charge in [0.05, 0.1) is 0 Å². The van der Waals surface area contributed by atoms with Crippen molar-refractivity contribution in [2.24, 2.45) is 0 Å². The SMILES string of the molecule is O=C(Cl)CCCCCCCCCCC(F)(F)C(F)(F)C(F)(F)C(F)(F)F. The molecule has 0 rings (SSSR count). The first-order chi connectivity index (χ1) is 11.7. The molecule has 0 saturated carbocycles. The van der Waals surface area contributed by atoms with E-state index >= 15 is 0 Å². The summed E-state index contributed by atoms with van der Waals surface area (Å²) in [6.45, 7) is 0. The van der Waals surface area contributed by atoms with Crippen LogP contribution in [0.25, 0.3) is 0 Å². The van der Waals surface area contributed by atoms with Crippen LogP contribution >= 0.6 is 11.6 Å². The molecule has 1 nitrogen and oxygen atoms in total. The van der Waals surface area contributed by atoms with Crippen molar-refractivity contribution in [3.8, 4) is 0 Å². The van der Waals surface area contributed by atoms with Gasteiger partial charge in [-0.05, 0) is 24.4 Å². The summed E-state index contributed by atoms with van der Waals surface area (Å²) < 4.78 is 114. The topological polar surface area (TPSA) is 17.1 Å². The molecule has 0 aliphatic rings. The van der Waals surface area contributed by atoms with Crippen molar-refractivity contribution in [1.82, 2.24) is 0 Å². The van der Waals surface area contributed by atoms with Crippen LogP contribution in [-0.2, 0) is 4.79 Å². The van der Waals surface area contributed by atoms with Crippen LogP contribution in [0.3, 0.4) is 0 Å². The van der Waals surface area contributed by atoms with E-state index in [0.717, 1.165) is 12.8 Å². The lowest BCUT2D eigenvalue weighted by Gasteiger charge is -2.33. The van der Waals surface area contributed by atoms with E-state index in [1.807, 2.05) is 0 Å².